The van der Waals surface area contributed by atoms with Crippen molar-refractivity contribution in [1.82, 2.24) is 5.32 Å². The Balaban J connectivity index is 1.69. The van der Waals surface area contributed by atoms with Crippen LogP contribution in [0.2, 0.25) is 0 Å². The van der Waals surface area contributed by atoms with Crippen molar-refractivity contribution in [3.05, 3.63) is 28.7 Å². The van der Waals surface area contributed by atoms with Crippen LogP contribution >= 0.6 is 15.9 Å². The SMILES string of the molecule is OCC1(NCCOc2cccc(Br)c2)CCC1. The maximum absolute atomic E-state index is 9.28. The summed E-state index contributed by atoms with van der Waals surface area (Å²) in [5.74, 6) is 0.868. The molecule has 0 heterocycles. The fraction of sp³-hybridized carbons (Fsp3) is 0.538. The van der Waals surface area contributed by atoms with E-state index >= 15 is 0 Å². The minimum absolute atomic E-state index is 0.0272. The molecule has 4 heteroatoms. The smallest absolute Gasteiger partial charge is 0.120 e. The number of ether oxygens (including phenoxy) is 1. The number of hydrogen-bond donors (Lipinski definition) is 2. The zero-order chi connectivity index (χ0) is 12.1. The highest BCUT2D eigenvalue weighted by Crippen LogP contribution is 2.30. The third-order valence-corrected chi connectivity index (χ3v) is 3.77. The Bertz CT molecular complexity index is 361. The van der Waals surface area contributed by atoms with Crippen LogP contribution in [0.15, 0.2) is 28.7 Å². The molecule has 17 heavy (non-hydrogen) atoms. The zero-order valence-corrected chi connectivity index (χ0v) is 11.4. The Morgan fingerprint density at radius 2 is 2.24 bits per heavy atom. The highest BCUT2D eigenvalue weighted by Gasteiger charge is 2.35. The third-order valence-electron chi connectivity index (χ3n) is 3.28. The third kappa shape index (κ3) is 3.44. The second-order valence-corrected chi connectivity index (χ2v) is 5.44. The predicted octanol–water partition coefficient (Wildman–Crippen LogP) is 2.33. The minimum atomic E-state index is -0.0272. The van der Waals surface area contributed by atoms with Gasteiger partial charge < -0.3 is 15.2 Å². The van der Waals surface area contributed by atoms with Gasteiger partial charge in [-0.2, -0.15) is 0 Å². The molecule has 0 spiro atoms. The van der Waals surface area contributed by atoms with Crippen LogP contribution in [0.5, 0.6) is 5.75 Å². The highest BCUT2D eigenvalue weighted by atomic mass is 79.9. The topological polar surface area (TPSA) is 41.5 Å². The summed E-state index contributed by atoms with van der Waals surface area (Å²) in [5.41, 5.74) is -0.0272. The number of hydrogen-bond acceptors (Lipinski definition) is 3. The van der Waals surface area contributed by atoms with E-state index in [0.717, 1.165) is 29.6 Å². The second kappa shape index (κ2) is 5.85. The van der Waals surface area contributed by atoms with Gasteiger partial charge in [-0.3, -0.25) is 0 Å². The highest BCUT2D eigenvalue weighted by molar-refractivity contribution is 9.10. The molecule has 94 valence electrons. The molecule has 2 N–H and O–H groups in total. The van der Waals surface area contributed by atoms with Crippen LogP contribution in [0.1, 0.15) is 19.3 Å². The van der Waals surface area contributed by atoms with Gasteiger partial charge in [0.25, 0.3) is 0 Å². The van der Waals surface area contributed by atoms with Crippen molar-refractivity contribution in [2.75, 3.05) is 19.8 Å². The van der Waals surface area contributed by atoms with Gasteiger partial charge in [0, 0.05) is 16.6 Å². The molecule has 1 aliphatic rings. The lowest BCUT2D eigenvalue weighted by Crippen LogP contribution is -2.54. The number of aliphatic hydroxyl groups excluding tert-OH is 1. The van der Waals surface area contributed by atoms with Crippen molar-refractivity contribution >= 4 is 15.9 Å². The molecule has 1 aromatic carbocycles. The first-order valence-corrected chi connectivity index (χ1v) is 6.78. The van der Waals surface area contributed by atoms with Crippen LogP contribution in [-0.2, 0) is 0 Å². The maximum atomic E-state index is 9.28. The van der Waals surface area contributed by atoms with E-state index in [1.54, 1.807) is 0 Å². The molecule has 0 radical (unpaired) electrons. The number of nitrogens with one attached hydrogen (secondary N) is 1. The fourth-order valence-corrected chi connectivity index (χ4v) is 2.41. The van der Waals surface area contributed by atoms with Gasteiger partial charge in [-0.05, 0) is 37.5 Å². The summed E-state index contributed by atoms with van der Waals surface area (Å²) in [4.78, 5) is 0. The summed E-state index contributed by atoms with van der Waals surface area (Å²) in [5, 5.41) is 12.7. The van der Waals surface area contributed by atoms with Crippen LogP contribution in [0.25, 0.3) is 0 Å². The van der Waals surface area contributed by atoms with Gasteiger partial charge in [-0.1, -0.05) is 22.0 Å². The van der Waals surface area contributed by atoms with E-state index in [1.807, 2.05) is 24.3 Å². The molecule has 0 bridgehead atoms. The standard InChI is InChI=1S/C13H18BrNO2/c14-11-3-1-4-12(9-11)17-8-7-15-13(10-16)5-2-6-13/h1,3-4,9,15-16H,2,5-8,10H2. The summed E-state index contributed by atoms with van der Waals surface area (Å²) in [6.07, 6.45) is 3.35. The molecule has 1 aliphatic carbocycles. The van der Waals surface area contributed by atoms with Crippen LogP contribution in [0.4, 0.5) is 0 Å². The average Bonchev–Trinajstić information content (AvgIpc) is 2.27. The van der Waals surface area contributed by atoms with Gasteiger partial charge in [-0.25, -0.2) is 0 Å². The van der Waals surface area contributed by atoms with Crippen molar-refractivity contribution < 1.29 is 9.84 Å². The van der Waals surface area contributed by atoms with Crippen LogP contribution in [0.3, 0.4) is 0 Å². The molecule has 0 unspecified atom stereocenters. The lowest BCUT2D eigenvalue weighted by atomic mass is 9.77. The van der Waals surface area contributed by atoms with Crippen molar-refractivity contribution in [1.29, 1.82) is 0 Å². The molecule has 3 nitrogen and oxygen atoms in total. The van der Waals surface area contributed by atoms with E-state index in [9.17, 15) is 5.11 Å². The summed E-state index contributed by atoms with van der Waals surface area (Å²) in [6.45, 7) is 1.62. The fourth-order valence-electron chi connectivity index (χ4n) is 2.04. The van der Waals surface area contributed by atoms with Crippen molar-refractivity contribution in [3.8, 4) is 5.75 Å². The monoisotopic (exact) mass is 299 g/mol. The van der Waals surface area contributed by atoms with Crippen LogP contribution in [0, 0.1) is 0 Å². The van der Waals surface area contributed by atoms with Gasteiger partial charge in [0.05, 0.1) is 6.61 Å². The normalized spacial score (nSPS) is 17.5. The Morgan fingerprint density at radius 3 is 2.82 bits per heavy atom. The Morgan fingerprint density at radius 1 is 1.41 bits per heavy atom. The van der Waals surface area contributed by atoms with E-state index in [1.165, 1.54) is 6.42 Å². The zero-order valence-electron chi connectivity index (χ0n) is 9.79. The molecule has 0 aliphatic heterocycles. The number of rotatable bonds is 6. The minimum Gasteiger partial charge on any atom is -0.492 e. The first kappa shape index (κ1) is 12.9. The number of halogens is 1. The Hall–Kier alpha value is -0.580. The first-order chi connectivity index (χ1) is 8.24. The molecular formula is C13H18BrNO2. The van der Waals surface area contributed by atoms with E-state index in [-0.39, 0.29) is 12.1 Å². The quantitative estimate of drug-likeness (QED) is 0.792. The number of benzene rings is 1. The van der Waals surface area contributed by atoms with Gasteiger partial charge in [-0.15, -0.1) is 0 Å². The van der Waals surface area contributed by atoms with Gasteiger partial charge in [0.1, 0.15) is 12.4 Å². The summed E-state index contributed by atoms with van der Waals surface area (Å²) in [7, 11) is 0. The second-order valence-electron chi connectivity index (χ2n) is 4.52. The molecular weight excluding hydrogens is 282 g/mol. The Labute approximate surface area is 110 Å². The molecule has 0 aromatic heterocycles. The van der Waals surface area contributed by atoms with Gasteiger partial charge in [0.15, 0.2) is 0 Å². The molecule has 0 atom stereocenters. The van der Waals surface area contributed by atoms with E-state index < -0.39 is 0 Å². The summed E-state index contributed by atoms with van der Waals surface area (Å²) >= 11 is 3.41. The lowest BCUT2D eigenvalue weighted by molar-refractivity contribution is 0.0847. The van der Waals surface area contributed by atoms with Crippen molar-refractivity contribution in [3.63, 3.8) is 0 Å². The van der Waals surface area contributed by atoms with E-state index in [2.05, 4.69) is 21.2 Å². The first-order valence-electron chi connectivity index (χ1n) is 5.98. The van der Waals surface area contributed by atoms with E-state index in [0.29, 0.717) is 6.61 Å². The van der Waals surface area contributed by atoms with Gasteiger partial charge in [0.2, 0.25) is 0 Å². The van der Waals surface area contributed by atoms with Crippen molar-refractivity contribution in [2.45, 2.75) is 24.8 Å². The maximum Gasteiger partial charge on any atom is 0.120 e. The molecule has 1 saturated carbocycles. The predicted molar refractivity (Wildman–Crippen MR) is 71.3 cm³/mol. The van der Waals surface area contributed by atoms with Crippen LogP contribution in [-0.4, -0.2) is 30.4 Å². The summed E-state index contributed by atoms with van der Waals surface area (Å²) < 4.78 is 6.64. The average molecular weight is 300 g/mol. The van der Waals surface area contributed by atoms with Gasteiger partial charge >= 0.3 is 0 Å². The molecule has 0 amide bonds. The molecule has 0 saturated heterocycles. The number of aliphatic hydroxyl groups is 1. The molecule has 1 aromatic rings. The van der Waals surface area contributed by atoms with Crippen molar-refractivity contribution in [2.24, 2.45) is 0 Å². The molecule has 2 rings (SSSR count). The Kier molecular flexibility index (Phi) is 4.42. The van der Waals surface area contributed by atoms with E-state index in [4.69, 9.17) is 4.74 Å². The largest absolute Gasteiger partial charge is 0.492 e. The lowest BCUT2D eigenvalue weighted by Gasteiger charge is -2.41. The van der Waals surface area contributed by atoms with Crippen LogP contribution < -0.4 is 10.1 Å². The summed E-state index contributed by atoms with van der Waals surface area (Å²) in [6, 6.07) is 7.81. The molecule has 1 fully saturated rings.